The Hall–Kier alpha value is -1.76. The van der Waals surface area contributed by atoms with E-state index in [1.54, 1.807) is 0 Å². The summed E-state index contributed by atoms with van der Waals surface area (Å²) >= 11 is 0. The predicted molar refractivity (Wildman–Crippen MR) is 74.6 cm³/mol. The summed E-state index contributed by atoms with van der Waals surface area (Å²) in [5, 5.41) is 3.45. The lowest BCUT2D eigenvalue weighted by Crippen LogP contribution is -2.04. The van der Waals surface area contributed by atoms with E-state index in [0.717, 1.165) is 13.0 Å². The molecule has 0 spiro atoms. The van der Waals surface area contributed by atoms with E-state index in [2.05, 4.69) is 67.7 Å². The van der Waals surface area contributed by atoms with Crippen molar-refractivity contribution in [2.24, 2.45) is 0 Å². The molecule has 0 unspecified atom stereocenters. The lowest BCUT2D eigenvalue weighted by Gasteiger charge is -2.07. The largest absolute Gasteiger partial charge is 0.385 e. The van der Waals surface area contributed by atoms with E-state index in [0.29, 0.717) is 0 Å². The third kappa shape index (κ3) is 3.63. The first-order valence-corrected chi connectivity index (χ1v) is 6.10. The van der Waals surface area contributed by atoms with Crippen LogP contribution in [-0.4, -0.2) is 6.54 Å². The van der Waals surface area contributed by atoms with Gasteiger partial charge in [0.15, 0.2) is 0 Å². The Kier molecular flexibility index (Phi) is 3.81. The molecule has 0 aliphatic rings. The molecule has 0 amide bonds. The Bertz CT molecular complexity index is 471. The van der Waals surface area contributed by atoms with Crippen molar-refractivity contribution >= 4 is 5.69 Å². The van der Waals surface area contributed by atoms with Gasteiger partial charge in [0.25, 0.3) is 0 Å². The summed E-state index contributed by atoms with van der Waals surface area (Å²) in [7, 11) is 0. The van der Waals surface area contributed by atoms with Crippen LogP contribution in [0.15, 0.2) is 48.5 Å². The fraction of sp³-hybridized carbons (Fsp3) is 0.250. The van der Waals surface area contributed by atoms with Crippen LogP contribution in [0.3, 0.4) is 0 Å². The average Bonchev–Trinajstić information content (AvgIpc) is 2.32. The molecule has 17 heavy (non-hydrogen) atoms. The van der Waals surface area contributed by atoms with Crippen LogP contribution in [0.25, 0.3) is 0 Å². The van der Waals surface area contributed by atoms with Gasteiger partial charge in [-0.3, -0.25) is 0 Å². The maximum Gasteiger partial charge on any atom is 0.0342 e. The van der Waals surface area contributed by atoms with Crippen LogP contribution in [-0.2, 0) is 6.42 Å². The van der Waals surface area contributed by atoms with Crippen LogP contribution >= 0.6 is 0 Å². The quantitative estimate of drug-likeness (QED) is 0.830. The van der Waals surface area contributed by atoms with Crippen LogP contribution in [0, 0.1) is 13.8 Å². The highest BCUT2D eigenvalue weighted by Gasteiger charge is 1.94. The van der Waals surface area contributed by atoms with Gasteiger partial charge >= 0.3 is 0 Å². The number of hydrogen-bond acceptors (Lipinski definition) is 1. The first-order valence-electron chi connectivity index (χ1n) is 6.10. The molecule has 1 heteroatoms. The monoisotopic (exact) mass is 225 g/mol. The molecule has 0 saturated carbocycles. The number of aryl methyl sites for hydroxylation is 2. The molecule has 2 aromatic rings. The Balaban J connectivity index is 1.85. The number of anilines is 1. The van der Waals surface area contributed by atoms with Gasteiger partial charge in [0.05, 0.1) is 0 Å². The minimum Gasteiger partial charge on any atom is -0.385 e. The molecule has 0 saturated heterocycles. The molecule has 2 aromatic carbocycles. The van der Waals surface area contributed by atoms with E-state index in [9.17, 15) is 0 Å². The second-order valence-electron chi connectivity index (χ2n) is 4.53. The lowest BCUT2D eigenvalue weighted by molar-refractivity contribution is 1.02. The molecule has 0 fully saturated rings. The summed E-state index contributed by atoms with van der Waals surface area (Å²) in [4.78, 5) is 0. The zero-order valence-corrected chi connectivity index (χ0v) is 10.5. The summed E-state index contributed by atoms with van der Waals surface area (Å²) in [5.41, 5.74) is 5.21. The van der Waals surface area contributed by atoms with Crippen molar-refractivity contribution in [3.63, 3.8) is 0 Å². The van der Waals surface area contributed by atoms with Crippen molar-refractivity contribution in [2.75, 3.05) is 11.9 Å². The smallest absolute Gasteiger partial charge is 0.0342 e. The second-order valence-corrected chi connectivity index (χ2v) is 4.53. The van der Waals surface area contributed by atoms with Crippen molar-refractivity contribution in [2.45, 2.75) is 20.3 Å². The van der Waals surface area contributed by atoms with Gasteiger partial charge in [-0.2, -0.15) is 0 Å². The molecule has 88 valence electrons. The van der Waals surface area contributed by atoms with Crippen LogP contribution < -0.4 is 5.32 Å². The summed E-state index contributed by atoms with van der Waals surface area (Å²) in [6.07, 6.45) is 1.06. The van der Waals surface area contributed by atoms with Gasteiger partial charge in [-0.1, -0.05) is 42.0 Å². The standard InChI is InChI=1S/C16H19N/c1-13-6-8-15(9-7-13)10-11-17-16-5-3-4-14(2)12-16/h3-9,12,17H,10-11H2,1-2H3. The molecule has 0 atom stereocenters. The minimum atomic E-state index is 0.979. The molecule has 1 nitrogen and oxygen atoms in total. The lowest BCUT2D eigenvalue weighted by atomic mass is 10.1. The van der Waals surface area contributed by atoms with Gasteiger partial charge in [-0.05, 0) is 43.5 Å². The van der Waals surface area contributed by atoms with E-state index >= 15 is 0 Å². The van der Waals surface area contributed by atoms with Crippen LogP contribution in [0.5, 0.6) is 0 Å². The van der Waals surface area contributed by atoms with Crippen LogP contribution in [0.1, 0.15) is 16.7 Å². The van der Waals surface area contributed by atoms with Crippen LogP contribution in [0.4, 0.5) is 5.69 Å². The zero-order chi connectivity index (χ0) is 12.1. The van der Waals surface area contributed by atoms with Gasteiger partial charge < -0.3 is 5.32 Å². The predicted octanol–water partition coefficient (Wildman–Crippen LogP) is 3.96. The second kappa shape index (κ2) is 5.53. The average molecular weight is 225 g/mol. The summed E-state index contributed by atoms with van der Waals surface area (Å²) < 4.78 is 0. The summed E-state index contributed by atoms with van der Waals surface area (Å²) in [6, 6.07) is 17.2. The molecule has 0 aromatic heterocycles. The first-order chi connectivity index (χ1) is 8.24. The third-order valence-electron chi connectivity index (χ3n) is 2.88. The minimum absolute atomic E-state index is 0.979. The molecular formula is C16H19N. The summed E-state index contributed by atoms with van der Waals surface area (Å²) in [5.74, 6) is 0. The molecule has 0 bridgehead atoms. The van der Waals surface area contributed by atoms with Crippen LogP contribution in [0.2, 0.25) is 0 Å². The molecule has 0 heterocycles. The molecular weight excluding hydrogens is 206 g/mol. The number of hydrogen-bond donors (Lipinski definition) is 1. The molecule has 0 radical (unpaired) electrons. The van der Waals surface area contributed by atoms with E-state index in [-0.39, 0.29) is 0 Å². The highest BCUT2D eigenvalue weighted by Crippen LogP contribution is 2.10. The van der Waals surface area contributed by atoms with Gasteiger partial charge in [-0.25, -0.2) is 0 Å². The molecule has 0 aliphatic carbocycles. The Morgan fingerprint density at radius 1 is 0.882 bits per heavy atom. The van der Waals surface area contributed by atoms with E-state index in [1.807, 2.05) is 0 Å². The maximum absolute atomic E-state index is 3.45. The highest BCUT2D eigenvalue weighted by atomic mass is 14.9. The Morgan fingerprint density at radius 2 is 1.65 bits per heavy atom. The van der Waals surface area contributed by atoms with Crippen molar-refractivity contribution < 1.29 is 0 Å². The fourth-order valence-electron chi connectivity index (χ4n) is 1.86. The maximum atomic E-state index is 3.45. The van der Waals surface area contributed by atoms with Crippen molar-refractivity contribution in [3.8, 4) is 0 Å². The van der Waals surface area contributed by atoms with Crippen molar-refractivity contribution in [1.29, 1.82) is 0 Å². The van der Waals surface area contributed by atoms with Gasteiger partial charge in [0.1, 0.15) is 0 Å². The zero-order valence-electron chi connectivity index (χ0n) is 10.5. The van der Waals surface area contributed by atoms with Gasteiger partial charge in [0, 0.05) is 12.2 Å². The topological polar surface area (TPSA) is 12.0 Å². The SMILES string of the molecule is Cc1ccc(CCNc2cccc(C)c2)cc1. The fourth-order valence-corrected chi connectivity index (χ4v) is 1.86. The number of nitrogens with one attached hydrogen (secondary N) is 1. The Labute approximate surface area is 103 Å². The van der Waals surface area contributed by atoms with E-state index < -0.39 is 0 Å². The van der Waals surface area contributed by atoms with Crippen molar-refractivity contribution in [3.05, 3.63) is 65.2 Å². The number of benzene rings is 2. The number of rotatable bonds is 4. The highest BCUT2D eigenvalue weighted by molar-refractivity contribution is 5.45. The van der Waals surface area contributed by atoms with E-state index in [4.69, 9.17) is 0 Å². The molecule has 1 N–H and O–H groups in total. The van der Waals surface area contributed by atoms with E-state index in [1.165, 1.54) is 22.4 Å². The molecule has 0 aliphatic heterocycles. The van der Waals surface area contributed by atoms with Gasteiger partial charge in [0.2, 0.25) is 0 Å². The summed E-state index contributed by atoms with van der Waals surface area (Å²) in [6.45, 7) is 5.21. The molecule has 2 rings (SSSR count). The normalized spacial score (nSPS) is 10.2. The van der Waals surface area contributed by atoms with Crippen molar-refractivity contribution in [1.82, 2.24) is 0 Å². The van der Waals surface area contributed by atoms with Gasteiger partial charge in [-0.15, -0.1) is 0 Å². The Morgan fingerprint density at radius 3 is 2.35 bits per heavy atom. The third-order valence-corrected chi connectivity index (χ3v) is 2.88. The first kappa shape index (κ1) is 11.7.